The second kappa shape index (κ2) is 8.09. The number of rotatable bonds is 3. The Morgan fingerprint density at radius 3 is 2.63 bits per heavy atom. The molecular formula is C21H23ClN2O3. The van der Waals surface area contributed by atoms with Gasteiger partial charge in [-0.3, -0.25) is 0 Å². The molecule has 2 heterocycles. The van der Waals surface area contributed by atoms with Gasteiger partial charge in [0.25, 0.3) is 0 Å². The summed E-state index contributed by atoms with van der Waals surface area (Å²) in [5.41, 5.74) is 2.26. The molecule has 0 saturated carbocycles. The van der Waals surface area contributed by atoms with E-state index in [1.54, 1.807) is 0 Å². The van der Waals surface area contributed by atoms with E-state index in [2.05, 4.69) is 29.6 Å². The van der Waals surface area contributed by atoms with Crippen molar-refractivity contribution in [2.75, 3.05) is 26.3 Å². The van der Waals surface area contributed by atoms with Crippen LogP contribution in [-0.2, 0) is 6.54 Å². The summed E-state index contributed by atoms with van der Waals surface area (Å²) >= 11 is 6.26. The highest BCUT2D eigenvalue weighted by molar-refractivity contribution is 6.32. The third-order valence-corrected chi connectivity index (χ3v) is 5.43. The predicted molar refractivity (Wildman–Crippen MR) is 105 cm³/mol. The molecular weight excluding hydrogens is 364 g/mol. The van der Waals surface area contributed by atoms with Gasteiger partial charge in [0.15, 0.2) is 11.5 Å². The number of halogens is 1. The number of carbonyl (C=O) groups excluding carboxylic acids is 1. The highest BCUT2D eigenvalue weighted by Gasteiger charge is 2.24. The minimum Gasteiger partial charge on any atom is -0.486 e. The molecule has 2 aliphatic heterocycles. The quantitative estimate of drug-likeness (QED) is 0.860. The molecule has 5 nitrogen and oxygen atoms in total. The molecule has 0 spiro atoms. The van der Waals surface area contributed by atoms with Gasteiger partial charge in [0.05, 0.1) is 5.02 Å². The van der Waals surface area contributed by atoms with Crippen LogP contribution in [0, 0.1) is 0 Å². The monoisotopic (exact) mass is 386 g/mol. The van der Waals surface area contributed by atoms with Crippen molar-refractivity contribution in [2.45, 2.75) is 25.3 Å². The largest absolute Gasteiger partial charge is 0.486 e. The van der Waals surface area contributed by atoms with E-state index < -0.39 is 0 Å². The Morgan fingerprint density at radius 2 is 1.85 bits per heavy atom. The first-order valence-electron chi connectivity index (χ1n) is 9.36. The van der Waals surface area contributed by atoms with Gasteiger partial charge in [-0.15, -0.1) is 0 Å². The summed E-state index contributed by atoms with van der Waals surface area (Å²) in [4.78, 5) is 14.4. The summed E-state index contributed by atoms with van der Waals surface area (Å²) in [6.07, 6.45) is 1.99. The molecule has 0 aromatic heterocycles. The van der Waals surface area contributed by atoms with Gasteiger partial charge in [-0.05, 0) is 42.0 Å². The van der Waals surface area contributed by atoms with E-state index in [9.17, 15) is 4.79 Å². The van der Waals surface area contributed by atoms with Gasteiger partial charge in [0.2, 0.25) is 0 Å². The Morgan fingerprint density at radius 1 is 1.11 bits per heavy atom. The van der Waals surface area contributed by atoms with Crippen molar-refractivity contribution in [1.29, 1.82) is 0 Å². The Kier molecular flexibility index (Phi) is 5.39. The van der Waals surface area contributed by atoms with Crippen molar-refractivity contribution in [3.63, 3.8) is 0 Å². The molecule has 2 aliphatic rings. The molecule has 27 heavy (non-hydrogen) atoms. The first kappa shape index (κ1) is 18.0. The van der Waals surface area contributed by atoms with Gasteiger partial charge < -0.3 is 19.7 Å². The maximum atomic E-state index is 12.5. The number of benzene rings is 2. The summed E-state index contributed by atoms with van der Waals surface area (Å²) in [7, 11) is 0. The van der Waals surface area contributed by atoms with Crippen LogP contribution in [0.15, 0.2) is 42.5 Å². The molecule has 1 saturated heterocycles. The summed E-state index contributed by atoms with van der Waals surface area (Å²) < 4.78 is 11.1. The topological polar surface area (TPSA) is 50.8 Å². The molecule has 2 amide bonds. The van der Waals surface area contributed by atoms with E-state index in [1.807, 2.05) is 23.1 Å². The fourth-order valence-corrected chi connectivity index (χ4v) is 3.98. The maximum absolute atomic E-state index is 12.5. The lowest BCUT2D eigenvalue weighted by atomic mass is 9.90. The second-order valence-corrected chi connectivity index (χ2v) is 7.34. The van der Waals surface area contributed by atoms with Gasteiger partial charge in [0, 0.05) is 19.6 Å². The van der Waals surface area contributed by atoms with Crippen LogP contribution in [0.2, 0.25) is 5.02 Å². The standard InChI is InChI=1S/C21H23ClN2O3/c22-18-12-15(13-19-20(18)27-11-10-26-19)14-23-21(25)24-8-6-17(7-9-24)16-4-2-1-3-5-16/h1-5,12-13,17H,6-11,14H2,(H,23,25). The van der Waals surface area contributed by atoms with Gasteiger partial charge in [-0.2, -0.15) is 0 Å². The van der Waals surface area contributed by atoms with Crippen LogP contribution in [0.3, 0.4) is 0 Å². The minimum absolute atomic E-state index is 0.0347. The Hall–Kier alpha value is -2.40. The van der Waals surface area contributed by atoms with Crippen molar-refractivity contribution in [3.05, 3.63) is 58.6 Å². The average Bonchev–Trinajstić information content (AvgIpc) is 2.73. The normalized spacial score (nSPS) is 16.9. The molecule has 1 N–H and O–H groups in total. The number of nitrogens with zero attached hydrogens (tertiary/aromatic N) is 1. The molecule has 2 aromatic carbocycles. The third-order valence-electron chi connectivity index (χ3n) is 5.15. The van der Waals surface area contributed by atoms with E-state index in [0.29, 0.717) is 42.2 Å². The van der Waals surface area contributed by atoms with Crippen molar-refractivity contribution < 1.29 is 14.3 Å². The lowest BCUT2D eigenvalue weighted by molar-refractivity contribution is 0.171. The molecule has 6 heteroatoms. The summed E-state index contributed by atoms with van der Waals surface area (Å²) in [5.74, 6) is 1.76. The number of hydrogen-bond donors (Lipinski definition) is 1. The SMILES string of the molecule is O=C(NCc1cc(Cl)c2c(c1)OCCO2)N1CCC(c2ccccc2)CC1. The van der Waals surface area contributed by atoms with Crippen molar-refractivity contribution >= 4 is 17.6 Å². The van der Waals surface area contributed by atoms with Crippen LogP contribution in [0.4, 0.5) is 4.79 Å². The fraction of sp³-hybridized carbons (Fsp3) is 0.381. The molecule has 0 aliphatic carbocycles. The van der Waals surface area contributed by atoms with Crippen LogP contribution in [0.1, 0.15) is 29.9 Å². The van der Waals surface area contributed by atoms with Gasteiger partial charge in [-0.1, -0.05) is 41.9 Å². The number of amides is 2. The number of piperidine rings is 1. The van der Waals surface area contributed by atoms with E-state index in [1.165, 1.54) is 5.56 Å². The maximum Gasteiger partial charge on any atom is 0.317 e. The fourth-order valence-electron chi connectivity index (χ4n) is 3.70. The van der Waals surface area contributed by atoms with Gasteiger partial charge in [-0.25, -0.2) is 4.79 Å². The Labute approximate surface area is 164 Å². The minimum atomic E-state index is -0.0347. The number of likely N-dealkylation sites (tertiary alicyclic amines) is 1. The average molecular weight is 387 g/mol. The van der Waals surface area contributed by atoms with Crippen molar-refractivity contribution in [3.8, 4) is 11.5 Å². The molecule has 1 fully saturated rings. The van der Waals surface area contributed by atoms with Crippen LogP contribution in [-0.4, -0.2) is 37.2 Å². The highest BCUT2D eigenvalue weighted by Crippen LogP contribution is 2.38. The van der Waals surface area contributed by atoms with Crippen LogP contribution in [0.5, 0.6) is 11.5 Å². The lowest BCUT2D eigenvalue weighted by Crippen LogP contribution is -2.43. The number of hydrogen-bond acceptors (Lipinski definition) is 3. The predicted octanol–water partition coefficient (Wildman–Crippen LogP) is 4.20. The number of urea groups is 1. The summed E-state index contributed by atoms with van der Waals surface area (Å²) in [6, 6.07) is 14.2. The van der Waals surface area contributed by atoms with E-state index >= 15 is 0 Å². The van der Waals surface area contributed by atoms with Crippen molar-refractivity contribution in [1.82, 2.24) is 10.2 Å². The molecule has 142 valence electrons. The van der Waals surface area contributed by atoms with Crippen LogP contribution in [0.25, 0.3) is 0 Å². The number of ether oxygens (including phenoxy) is 2. The zero-order valence-corrected chi connectivity index (χ0v) is 15.9. The molecule has 0 bridgehead atoms. The number of nitrogens with one attached hydrogen (secondary N) is 1. The molecule has 4 rings (SSSR count). The zero-order chi connectivity index (χ0) is 18.6. The first-order chi connectivity index (χ1) is 13.2. The molecule has 0 unspecified atom stereocenters. The van der Waals surface area contributed by atoms with E-state index in [-0.39, 0.29) is 6.03 Å². The summed E-state index contributed by atoms with van der Waals surface area (Å²) in [6.45, 7) is 2.96. The zero-order valence-electron chi connectivity index (χ0n) is 15.1. The first-order valence-corrected chi connectivity index (χ1v) is 9.74. The molecule has 0 atom stereocenters. The number of carbonyl (C=O) groups is 1. The Balaban J connectivity index is 1.31. The second-order valence-electron chi connectivity index (χ2n) is 6.93. The smallest absolute Gasteiger partial charge is 0.317 e. The van der Waals surface area contributed by atoms with Gasteiger partial charge in [0.1, 0.15) is 13.2 Å². The highest BCUT2D eigenvalue weighted by atomic mass is 35.5. The van der Waals surface area contributed by atoms with Crippen LogP contribution < -0.4 is 14.8 Å². The van der Waals surface area contributed by atoms with Crippen molar-refractivity contribution in [2.24, 2.45) is 0 Å². The summed E-state index contributed by atoms with van der Waals surface area (Å²) in [5, 5.41) is 3.50. The molecule has 0 radical (unpaired) electrons. The third kappa shape index (κ3) is 4.14. The number of fused-ring (bicyclic) bond motifs is 1. The lowest BCUT2D eigenvalue weighted by Gasteiger charge is -2.32. The van der Waals surface area contributed by atoms with E-state index in [4.69, 9.17) is 21.1 Å². The van der Waals surface area contributed by atoms with Gasteiger partial charge >= 0.3 is 6.03 Å². The molecule has 2 aromatic rings. The van der Waals surface area contributed by atoms with E-state index in [0.717, 1.165) is 31.5 Å². The Bertz CT molecular complexity index is 805. The van der Waals surface area contributed by atoms with Crippen LogP contribution >= 0.6 is 11.6 Å².